The van der Waals surface area contributed by atoms with Crippen LogP contribution in [0.5, 0.6) is 0 Å². The molecule has 0 spiro atoms. The van der Waals surface area contributed by atoms with Crippen molar-refractivity contribution in [3.8, 4) is 0 Å². The molecule has 0 aliphatic heterocycles. The van der Waals surface area contributed by atoms with Crippen LogP contribution in [0.25, 0.3) is 0 Å². The summed E-state index contributed by atoms with van der Waals surface area (Å²) >= 11 is 0. The molecule has 0 amide bonds. The van der Waals surface area contributed by atoms with Gasteiger partial charge in [0.1, 0.15) is 0 Å². The van der Waals surface area contributed by atoms with Crippen molar-refractivity contribution in [3.63, 3.8) is 0 Å². The molecule has 0 radical (unpaired) electrons. The molecule has 0 aromatic heterocycles. The maximum Gasteiger partial charge on any atom is 0.0752 e. The van der Waals surface area contributed by atoms with E-state index < -0.39 is 6.10 Å². The number of benzene rings is 1. The van der Waals surface area contributed by atoms with Crippen molar-refractivity contribution in [1.29, 1.82) is 0 Å². The van der Waals surface area contributed by atoms with Gasteiger partial charge in [0.25, 0.3) is 0 Å². The van der Waals surface area contributed by atoms with Crippen molar-refractivity contribution in [2.75, 3.05) is 0 Å². The first-order chi connectivity index (χ1) is 7.33. The second kappa shape index (κ2) is 7.02. The average molecular weight is 202 g/mol. The second-order valence-electron chi connectivity index (χ2n) is 3.53. The first-order valence-electron chi connectivity index (χ1n) is 5.32. The zero-order valence-corrected chi connectivity index (χ0v) is 8.97. The molecule has 1 heteroatoms. The number of aryl methyl sites for hydroxylation is 1. The molecule has 0 aliphatic rings. The van der Waals surface area contributed by atoms with Crippen LogP contribution in [-0.2, 0) is 6.42 Å². The largest absolute Gasteiger partial charge is 0.389 e. The van der Waals surface area contributed by atoms with E-state index in [1.54, 1.807) is 6.08 Å². The summed E-state index contributed by atoms with van der Waals surface area (Å²) in [5.41, 5.74) is 1.35. The highest BCUT2D eigenvalue weighted by atomic mass is 16.3. The molecule has 1 nitrogen and oxygen atoms in total. The minimum atomic E-state index is -0.405. The van der Waals surface area contributed by atoms with Gasteiger partial charge < -0.3 is 5.11 Å². The SMILES string of the molecule is C=C[C@@H](O)C/C=C/CCc1ccccc1. The van der Waals surface area contributed by atoms with Crippen LogP contribution in [0.15, 0.2) is 55.1 Å². The van der Waals surface area contributed by atoms with E-state index in [1.165, 1.54) is 5.56 Å². The van der Waals surface area contributed by atoms with Gasteiger partial charge in [-0.05, 0) is 24.8 Å². The predicted octanol–water partition coefficient (Wildman–Crippen LogP) is 3.11. The number of aliphatic hydroxyl groups excluding tert-OH is 1. The summed E-state index contributed by atoms with van der Waals surface area (Å²) in [6.07, 6.45) is 8.02. The van der Waals surface area contributed by atoms with Crippen molar-refractivity contribution in [3.05, 3.63) is 60.7 Å². The summed E-state index contributed by atoms with van der Waals surface area (Å²) in [6.45, 7) is 3.52. The summed E-state index contributed by atoms with van der Waals surface area (Å²) < 4.78 is 0. The third-order valence-corrected chi connectivity index (χ3v) is 2.26. The van der Waals surface area contributed by atoms with E-state index in [4.69, 9.17) is 0 Å². The smallest absolute Gasteiger partial charge is 0.0752 e. The maximum absolute atomic E-state index is 9.20. The fourth-order valence-corrected chi connectivity index (χ4v) is 1.34. The quantitative estimate of drug-likeness (QED) is 0.703. The molecule has 1 N–H and O–H groups in total. The molecule has 15 heavy (non-hydrogen) atoms. The number of hydrogen-bond donors (Lipinski definition) is 1. The topological polar surface area (TPSA) is 20.2 Å². The average Bonchev–Trinajstić information content (AvgIpc) is 2.29. The standard InChI is InChI=1S/C14H18O/c1-2-14(15)12-8-4-7-11-13-9-5-3-6-10-13/h2-6,8-10,14-15H,1,7,11-12H2/b8-4+/t14-/m1/s1. The Labute approximate surface area is 91.8 Å². The van der Waals surface area contributed by atoms with Gasteiger partial charge in [-0.3, -0.25) is 0 Å². The highest BCUT2D eigenvalue weighted by Crippen LogP contribution is 2.03. The number of aliphatic hydroxyl groups is 1. The molecule has 1 aromatic rings. The summed E-state index contributed by atoms with van der Waals surface area (Å²) in [5.74, 6) is 0. The van der Waals surface area contributed by atoms with E-state index >= 15 is 0 Å². The third kappa shape index (κ3) is 5.18. The van der Waals surface area contributed by atoms with E-state index in [2.05, 4.69) is 36.9 Å². The van der Waals surface area contributed by atoms with Gasteiger partial charge in [0.15, 0.2) is 0 Å². The summed E-state index contributed by atoms with van der Waals surface area (Å²) in [4.78, 5) is 0. The molecule has 0 saturated heterocycles. The zero-order valence-electron chi connectivity index (χ0n) is 8.97. The molecule has 0 bridgehead atoms. The Bertz CT molecular complexity index is 300. The highest BCUT2D eigenvalue weighted by molar-refractivity contribution is 5.15. The lowest BCUT2D eigenvalue weighted by molar-refractivity contribution is 0.227. The third-order valence-electron chi connectivity index (χ3n) is 2.26. The van der Waals surface area contributed by atoms with E-state index in [0.717, 1.165) is 12.8 Å². The monoisotopic (exact) mass is 202 g/mol. The first kappa shape index (κ1) is 11.7. The molecule has 80 valence electrons. The normalized spacial score (nSPS) is 12.9. The van der Waals surface area contributed by atoms with Crippen molar-refractivity contribution >= 4 is 0 Å². The lowest BCUT2D eigenvalue weighted by Crippen LogP contribution is -1.97. The Morgan fingerprint density at radius 1 is 1.20 bits per heavy atom. The minimum absolute atomic E-state index is 0.405. The van der Waals surface area contributed by atoms with Crippen LogP contribution in [0.3, 0.4) is 0 Å². The number of rotatable bonds is 6. The van der Waals surface area contributed by atoms with Gasteiger partial charge >= 0.3 is 0 Å². The second-order valence-corrected chi connectivity index (χ2v) is 3.53. The van der Waals surface area contributed by atoms with E-state index in [9.17, 15) is 5.11 Å². The van der Waals surface area contributed by atoms with Gasteiger partial charge in [0.05, 0.1) is 6.10 Å². The first-order valence-corrected chi connectivity index (χ1v) is 5.32. The van der Waals surface area contributed by atoms with Crippen molar-refractivity contribution < 1.29 is 5.11 Å². The summed E-state index contributed by atoms with van der Waals surface area (Å²) in [6, 6.07) is 10.4. The molecule has 0 saturated carbocycles. The van der Waals surface area contributed by atoms with E-state index in [1.807, 2.05) is 12.1 Å². The summed E-state index contributed by atoms with van der Waals surface area (Å²) in [5, 5.41) is 9.20. The lowest BCUT2D eigenvalue weighted by atomic mass is 10.1. The predicted molar refractivity (Wildman–Crippen MR) is 64.7 cm³/mol. The molecule has 0 aliphatic carbocycles. The van der Waals surface area contributed by atoms with Gasteiger partial charge in [0, 0.05) is 0 Å². The Hall–Kier alpha value is -1.34. The fourth-order valence-electron chi connectivity index (χ4n) is 1.34. The van der Waals surface area contributed by atoms with Crippen molar-refractivity contribution in [1.82, 2.24) is 0 Å². The van der Waals surface area contributed by atoms with Crippen molar-refractivity contribution in [2.45, 2.75) is 25.4 Å². The van der Waals surface area contributed by atoms with Gasteiger partial charge in [-0.1, -0.05) is 48.6 Å². The van der Waals surface area contributed by atoms with E-state index in [-0.39, 0.29) is 0 Å². The molecular weight excluding hydrogens is 184 g/mol. The number of hydrogen-bond acceptors (Lipinski definition) is 1. The Morgan fingerprint density at radius 2 is 1.93 bits per heavy atom. The van der Waals surface area contributed by atoms with Gasteiger partial charge in [0.2, 0.25) is 0 Å². The van der Waals surface area contributed by atoms with Crippen LogP contribution in [0.1, 0.15) is 18.4 Å². The molecule has 0 fully saturated rings. The van der Waals surface area contributed by atoms with Gasteiger partial charge in [-0.2, -0.15) is 0 Å². The maximum atomic E-state index is 9.20. The van der Waals surface area contributed by atoms with E-state index in [0.29, 0.717) is 6.42 Å². The Balaban J connectivity index is 2.19. The molecule has 0 unspecified atom stereocenters. The van der Waals surface area contributed by atoms with Gasteiger partial charge in [-0.15, -0.1) is 6.58 Å². The van der Waals surface area contributed by atoms with Crippen LogP contribution in [-0.4, -0.2) is 11.2 Å². The molecular formula is C14H18O. The van der Waals surface area contributed by atoms with Crippen LogP contribution >= 0.6 is 0 Å². The fraction of sp³-hybridized carbons (Fsp3) is 0.286. The van der Waals surface area contributed by atoms with Gasteiger partial charge in [-0.25, -0.2) is 0 Å². The molecule has 0 heterocycles. The molecule has 1 aromatic carbocycles. The molecule has 1 rings (SSSR count). The lowest BCUT2D eigenvalue weighted by Gasteiger charge is -1.99. The van der Waals surface area contributed by atoms with Crippen LogP contribution in [0, 0.1) is 0 Å². The van der Waals surface area contributed by atoms with Crippen LogP contribution in [0.4, 0.5) is 0 Å². The summed E-state index contributed by atoms with van der Waals surface area (Å²) in [7, 11) is 0. The zero-order chi connectivity index (χ0) is 10.9. The molecule has 1 atom stereocenters. The minimum Gasteiger partial charge on any atom is -0.389 e. The van der Waals surface area contributed by atoms with Crippen molar-refractivity contribution in [2.24, 2.45) is 0 Å². The Morgan fingerprint density at radius 3 is 2.60 bits per heavy atom. The Kier molecular flexibility index (Phi) is 5.49. The highest BCUT2D eigenvalue weighted by Gasteiger charge is 1.92. The van der Waals surface area contributed by atoms with Crippen LogP contribution < -0.4 is 0 Å². The van der Waals surface area contributed by atoms with Crippen LogP contribution in [0.2, 0.25) is 0 Å². The number of allylic oxidation sites excluding steroid dienone is 1.